The van der Waals surface area contributed by atoms with E-state index >= 15 is 0 Å². The maximum absolute atomic E-state index is 7.74. The molecule has 0 aromatic carbocycles. The third-order valence-electron chi connectivity index (χ3n) is 0.0845. The quantitative estimate of drug-likeness (QED) is 0.307. The molecular formula is C2H8ClO4P. The number of aliphatic hydroxyl groups is 1. The molecular weight excluding hydrogens is 154 g/mol. The highest BCUT2D eigenvalue weighted by Crippen LogP contribution is 2.11. The fourth-order valence-corrected chi connectivity index (χ4v) is 0. The minimum Gasteiger partial charge on any atom is -0.395 e. The molecule has 8 heavy (non-hydrogen) atoms. The van der Waals surface area contributed by atoms with Crippen molar-refractivity contribution in [3.05, 3.63) is 0 Å². The molecule has 0 aliphatic rings. The molecule has 0 saturated heterocycles. The van der Waals surface area contributed by atoms with E-state index in [0.717, 1.165) is 0 Å². The van der Waals surface area contributed by atoms with E-state index in [1.54, 1.807) is 0 Å². The van der Waals surface area contributed by atoms with Gasteiger partial charge in [0, 0.05) is 5.88 Å². The maximum Gasteiger partial charge on any atom is 0.324 e. The van der Waals surface area contributed by atoms with Crippen LogP contribution in [0.15, 0.2) is 0 Å². The molecule has 6 heteroatoms. The summed E-state index contributed by atoms with van der Waals surface area (Å²) in [6.45, 7) is 0.0849. The SMILES string of the molecule is OCCCl.OP(O)O. The lowest BCUT2D eigenvalue weighted by Gasteiger charge is -1.76. The molecule has 0 rings (SSSR count). The fourth-order valence-electron chi connectivity index (χ4n) is 0. The van der Waals surface area contributed by atoms with Crippen molar-refractivity contribution in [3.63, 3.8) is 0 Å². The van der Waals surface area contributed by atoms with Gasteiger partial charge >= 0.3 is 8.60 Å². The van der Waals surface area contributed by atoms with Crippen LogP contribution in [-0.4, -0.2) is 32.3 Å². The zero-order valence-electron chi connectivity index (χ0n) is 4.03. The number of alkyl halides is 1. The monoisotopic (exact) mass is 162 g/mol. The average molecular weight is 163 g/mol. The first kappa shape index (κ1) is 11.4. The summed E-state index contributed by atoms with van der Waals surface area (Å²) in [5, 5.41) is 7.74. The topological polar surface area (TPSA) is 80.9 Å². The second-order valence-corrected chi connectivity index (χ2v) is 1.60. The van der Waals surface area contributed by atoms with Crippen LogP contribution in [0.4, 0.5) is 0 Å². The lowest BCUT2D eigenvalue weighted by Crippen LogP contribution is -1.76. The van der Waals surface area contributed by atoms with Crippen molar-refractivity contribution in [2.45, 2.75) is 0 Å². The Bertz CT molecular complexity index is 30.5. The Labute approximate surface area is 53.3 Å². The molecule has 4 nitrogen and oxygen atoms in total. The van der Waals surface area contributed by atoms with E-state index in [1.807, 2.05) is 0 Å². The third kappa shape index (κ3) is 83.3. The van der Waals surface area contributed by atoms with Crippen LogP contribution in [-0.2, 0) is 0 Å². The van der Waals surface area contributed by atoms with Gasteiger partial charge in [-0.05, 0) is 0 Å². The molecule has 4 N–H and O–H groups in total. The van der Waals surface area contributed by atoms with Crippen molar-refractivity contribution in [3.8, 4) is 0 Å². The Morgan fingerprint density at radius 1 is 1.25 bits per heavy atom. The first-order valence-electron chi connectivity index (χ1n) is 1.68. The minimum absolute atomic E-state index is 0.0849. The van der Waals surface area contributed by atoms with Crippen molar-refractivity contribution < 1.29 is 19.8 Å². The molecule has 0 amide bonds. The largest absolute Gasteiger partial charge is 0.395 e. The average Bonchev–Trinajstić information content (AvgIpc) is 1.65. The Kier molecular flexibility index (Phi) is 15.0. The lowest BCUT2D eigenvalue weighted by atomic mass is 10.9. The van der Waals surface area contributed by atoms with Gasteiger partial charge in [0.15, 0.2) is 0 Å². The Balaban J connectivity index is 0. The molecule has 0 aliphatic carbocycles. The Hall–Kier alpha value is 0.560. The minimum atomic E-state index is -2.62. The molecule has 0 unspecified atom stereocenters. The number of halogens is 1. The number of hydrogen-bond donors (Lipinski definition) is 4. The molecule has 0 heterocycles. The van der Waals surface area contributed by atoms with E-state index in [-0.39, 0.29) is 6.61 Å². The second kappa shape index (κ2) is 10.5. The van der Waals surface area contributed by atoms with Gasteiger partial charge in [-0.1, -0.05) is 0 Å². The predicted molar refractivity (Wildman–Crippen MR) is 31.4 cm³/mol. The van der Waals surface area contributed by atoms with Gasteiger partial charge in [-0.25, -0.2) is 0 Å². The van der Waals surface area contributed by atoms with Crippen molar-refractivity contribution >= 4 is 20.2 Å². The molecule has 0 fully saturated rings. The van der Waals surface area contributed by atoms with Crippen LogP contribution < -0.4 is 0 Å². The summed E-state index contributed by atoms with van der Waals surface area (Å²) in [5.74, 6) is 0.347. The molecule has 0 bridgehead atoms. The highest BCUT2D eigenvalue weighted by atomic mass is 35.5. The Morgan fingerprint density at radius 2 is 1.38 bits per heavy atom. The smallest absolute Gasteiger partial charge is 0.324 e. The van der Waals surface area contributed by atoms with Crippen LogP contribution in [0.3, 0.4) is 0 Å². The number of rotatable bonds is 1. The van der Waals surface area contributed by atoms with Crippen molar-refractivity contribution in [1.82, 2.24) is 0 Å². The summed E-state index contributed by atoms with van der Waals surface area (Å²) in [7, 11) is -2.62. The maximum atomic E-state index is 7.74. The van der Waals surface area contributed by atoms with Crippen molar-refractivity contribution in [1.29, 1.82) is 0 Å². The summed E-state index contributed by atoms with van der Waals surface area (Å²) >= 11 is 4.94. The summed E-state index contributed by atoms with van der Waals surface area (Å²) in [5.41, 5.74) is 0. The summed E-state index contributed by atoms with van der Waals surface area (Å²) < 4.78 is 0. The van der Waals surface area contributed by atoms with E-state index in [0.29, 0.717) is 5.88 Å². The standard InChI is InChI=1S/C2H5ClO.H3O3P/c3-1-2-4;1-4(2)3/h4H,1-2H2;1-3H. The van der Waals surface area contributed by atoms with E-state index in [1.165, 1.54) is 0 Å². The molecule has 0 aliphatic heterocycles. The van der Waals surface area contributed by atoms with E-state index in [2.05, 4.69) is 0 Å². The van der Waals surface area contributed by atoms with Gasteiger partial charge in [-0.15, -0.1) is 11.6 Å². The molecule has 0 aromatic rings. The van der Waals surface area contributed by atoms with Crippen molar-refractivity contribution in [2.75, 3.05) is 12.5 Å². The summed E-state index contributed by atoms with van der Waals surface area (Å²) in [4.78, 5) is 21.7. The molecule has 52 valence electrons. The zero-order valence-corrected chi connectivity index (χ0v) is 5.68. The molecule has 0 spiro atoms. The lowest BCUT2D eigenvalue weighted by molar-refractivity contribution is 0.321. The first-order valence-corrected chi connectivity index (χ1v) is 3.42. The third-order valence-corrected chi connectivity index (χ3v) is 0.254. The van der Waals surface area contributed by atoms with Crippen LogP contribution in [0, 0.1) is 0 Å². The summed E-state index contributed by atoms with van der Waals surface area (Å²) in [6, 6.07) is 0. The van der Waals surface area contributed by atoms with Gasteiger partial charge in [0.2, 0.25) is 0 Å². The molecule has 0 aromatic heterocycles. The number of hydrogen-bond acceptors (Lipinski definition) is 4. The molecule has 0 saturated carbocycles. The second-order valence-electron chi connectivity index (χ2n) is 0.681. The highest BCUT2D eigenvalue weighted by molar-refractivity contribution is 7.38. The highest BCUT2D eigenvalue weighted by Gasteiger charge is 1.76. The van der Waals surface area contributed by atoms with Gasteiger partial charge in [0.25, 0.3) is 0 Å². The normalized spacial score (nSPS) is 8.25. The van der Waals surface area contributed by atoms with Crippen LogP contribution in [0.5, 0.6) is 0 Å². The fraction of sp³-hybridized carbons (Fsp3) is 1.00. The van der Waals surface area contributed by atoms with E-state index in [9.17, 15) is 0 Å². The number of aliphatic hydroxyl groups excluding tert-OH is 1. The molecule has 0 radical (unpaired) electrons. The molecule has 0 atom stereocenters. The van der Waals surface area contributed by atoms with Gasteiger partial charge in [-0.3, -0.25) is 0 Å². The van der Waals surface area contributed by atoms with Crippen LogP contribution in [0.25, 0.3) is 0 Å². The van der Waals surface area contributed by atoms with Crippen molar-refractivity contribution in [2.24, 2.45) is 0 Å². The zero-order chi connectivity index (χ0) is 6.99. The summed E-state index contributed by atoms with van der Waals surface area (Å²) in [6.07, 6.45) is 0. The van der Waals surface area contributed by atoms with Gasteiger partial charge in [-0.2, -0.15) is 0 Å². The van der Waals surface area contributed by atoms with Gasteiger partial charge in [0.05, 0.1) is 6.61 Å². The van der Waals surface area contributed by atoms with Crippen LogP contribution in [0.2, 0.25) is 0 Å². The van der Waals surface area contributed by atoms with Crippen LogP contribution >= 0.6 is 20.2 Å². The van der Waals surface area contributed by atoms with E-state index < -0.39 is 8.60 Å². The van der Waals surface area contributed by atoms with Gasteiger partial charge < -0.3 is 19.8 Å². The Morgan fingerprint density at radius 3 is 1.38 bits per heavy atom. The van der Waals surface area contributed by atoms with E-state index in [4.69, 9.17) is 31.4 Å². The van der Waals surface area contributed by atoms with Crippen LogP contribution in [0.1, 0.15) is 0 Å². The van der Waals surface area contributed by atoms with Gasteiger partial charge in [0.1, 0.15) is 0 Å². The first-order chi connectivity index (χ1) is 3.65. The predicted octanol–water partition coefficient (Wildman–Crippen LogP) is -0.592.